The number of rotatable bonds is 3. The maximum atomic E-state index is 12.8. The van der Waals surface area contributed by atoms with Gasteiger partial charge in [0.2, 0.25) is 0 Å². The molecule has 0 spiro atoms. The summed E-state index contributed by atoms with van der Waals surface area (Å²) in [7, 11) is 0. The van der Waals surface area contributed by atoms with E-state index < -0.39 is 0 Å². The van der Waals surface area contributed by atoms with Gasteiger partial charge >= 0.3 is 0 Å². The molecule has 0 unspecified atom stereocenters. The molecule has 4 heteroatoms. The van der Waals surface area contributed by atoms with Crippen molar-refractivity contribution in [2.75, 3.05) is 26.2 Å². The lowest BCUT2D eigenvalue weighted by molar-refractivity contribution is 0.0761. The first-order valence-electron chi connectivity index (χ1n) is 8.26. The summed E-state index contributed by atoms with van der Waals surface area (Å²) in [5, 5.41) is 0. The van der Waals surface area contributed by atoms with Crippen molar-refractivity contribution >= 4 is 17.2 Å². The topological polar surface area (TPSA) is 23.6 Å². The van der Waals surface area contributed by atoms with Crippen molar-refractivity contribution in [1.29, 1.82) is 0 Å². The zero-order valence-electron chi connectivity index (χ0n) is 13.9. The first kappa shape index (κ1) is 16.2. The Morgan fingerprint density at radius 1 is 1.09 bits per heavy atom. The molecular formula is C19H24N2OS. The smallest absolute Gasteiger partial charge is 0.255 e. The van der Waals surface area contributed by atoms with E-state index in [1.807, 2.05) is 17.9 Å². The van der Waals surface area contributed by atoms with Gasteiger partial charge in [-0.25, -0.2) is 0 Å². The van der Waals surface area contributed by atoms with Crippen LogP contribution in [-0.4, -0.2) is 41.9 Å². The molecule has 1 aromatic heterocycles. The average Bonchev–Trinajstić information content (AvgIpc) is 2.74. The highest BCUT2D eigenvalue weighted by Gasteiger charge is 2.22. The molecule has 0 bridgehead atoms. The zero-order valence-corrected chi connectivity index (χ0v) is 14.7. The summed E-state index contributed by atoms with van der Waals surface area (Å²) in [5.41, 5.74) is 2.24. The first-order valence-corrected chi connectivity index (χ1v) is 9.08. The predicted octanol–water partition coefficient (Wildman–Crippen LogP) is 3.71. The lowest BCUT2D eigenvalue weighted by atomic mass is 10.2. The third-order valence-corrected chi connectivity index (χ3v) is 5.36. The minimum absolute atomic E-state index is 0.202. The number of carbonyl (C=O) groups is 1. The third kappa shape index (κ3) is 4.01. The fourth-order valence-corrected chi connectivity index (χ4v) is 4.10. The van der Waals surface area contributed by atoms with E-state index in [1.54, 1.807) is 11.3 Å². The van der Waals surface area contributed by atoms with Crippen LogP contribution in [0.1, 0.15) is 32.1 Å². The number of thiophene rings is 1. The monoisotopic (exact) mass is 328 g/mol. The van der Waals surface area contributed by atoms with Crippen LogP contribution in [0.4, 0.5) is 0 Å². The van der Waals surface area contributed by atoms with Crippen molar-refractivity contribution in [3.05, 3.63) is 57.3 Å². The predicted molar refractivity (Wildman–Crippen MR) is 96.0 cm³/mol. The molecule has 23 heavy (non-hydrogen) atoms. The van der Waals surface area contributed by atoms with Gasteiger partial charge in [-0.05, 0) is 31.9 Å². The van der Waals surface area contributed by atoms with Crippen molar-refractivity contribution in [1.82, 2.24) is 9.80 Å². The average molecular weight is 328 g/mol. The van der Waals surface area contributed by atoms with Crippen LogP contribution in [0.5, 0.6) is 0 Å². The normalized spacial score (nSPS) is 16.3. The minimum Gasteiger partial charge on any atom is -0.337 e. The summed E-state index contributed by atoms with van der Waals surface area (Å²) in [4.78, 5) is 19.6. The van der Waals surface area contributed by atoms with Gasteiger partial charge in [0.15, 0.2) is 0 Å². The van der Waals surface area contributed by atoms with E-state index in [0.29, 0.717) is 0 Å². The molecule has 0 atom stereocenters. The van der Waals surface area contributed by atoms with Crippen LogP contribution in [0.25, 0.3) is 0 Å². The van der Waals surface area contributed by atoms with E-state index in [-0.39, 0.29) is 5.91 Å². The molecular weight excluding hydrogens is 304 g/mol. The lowest BCUT2D eigenvalue weighted by Gasteiger charge is -2.22. The zero-order chi connectivity index (χ0) is 16.2. The SMILES string of the molecule is Cc1cc(C(=O)N2CCCN(Cc3ccccc3)CC2)c(C)s1. The number of amides is 1. The Balaban J connectivity index is 1.62. The standard InChI is InChI=1S/C19H24N2OS/c1-15-13-18(16(2)23-15)19(22)21-10-6-9-20(11-12-21)14-17-7-4-3-5-8-17/h3-5,7-8,13H,6,9-12,14H2,1-2H3. The molecule has 0 aliphatic carbocycles. The fourth-order valence-electron chi connectivity index (χ4n) is 3.19. The maximum Gasteiger partial charge on any atom is 0.255 e. The second-order valence-corrected chi connectivity index (χ2v) is 7.69. The highest BCUT2D eigenvalue weighted by Crippen LogP contribution is 2.22. The van der Waals surface area contributed by atoms with Crippen LogP contribution < -0.4 is 0 Å². The van der Waals surface area contributed by atoms with E-state index in [1.165, 1.54) is 10.4 Å². The van der Waals surface area contributed by atoms with Gasteiger partial charge < -0.3 is 4.90 Å². The number of hydrogen-bond acceptors (Lipinski definition) is 3. The van der Waals surface area contributed by atoms with E-state index in [0.717, 1.165) is 49.6 Å². The van der Waals surface area contributed by atoms with Crippen LogP contribution in [0, 0.1) is 13.8 Å². The molecule has 3 nitrogen and oxygen atoms in total. The second kappa shape index (κ2) is 7.28. The Hall–Kier alpha value is -1.65. The molecule has 0 radical (unpaired) electrons. The number of nitrogens with zero attached hydrogens (tertiary/aromatic N) is 2. The Morgan fingerprint density at radius 2 is 1.87 bits per heavy atom. The summed E-state index contributed by atoms with van der Waals surface area (Å²) in [5.74, 6) is 0.202. The molecule has 1 aliphatic rings. The summed E-state index contributed by atoms with van der Waals surface area (Å²) in [6.07, 6.45) is 1.04. The molecule has 1 saturated heterocycles. The lowest BCUT2D eigenvalue weighted by Crippen LogP contribution is -2.35. The van der Waals surface area contributed by atoms with Crippen LogP contribution in [0.2, 0.25) is 0 Å². The molecule has 122 valence electrons. The first-order chi connectivity index (χ1) is 11.1. The molecule has 0 N–H and O–H groups in total. The van der Waals surface area contributed by atoms with Gasteiger partial charge in [-0.1, -0.05) is 30.3 Å². The summed E-state index contributed by atoms with van der Waals surface area (Å²) < 4.78 is 0. The highest BCUT2D eigenvalue weighted by atomic mass is 32.1. The van der Waals surface area contributed by atoms with E-state index in [9.17, 15) is 4.79 Å². The number of hydrogen-bond donors (Lipinski definition) is 0. The van der Waals surface area contributed by atoms with Gasteiger partial charge in [-0.15, -0.1) is 11.3 Å². The van der Waals surface area contributed by atoms with Crippen LogP contribution in [0.3, 0.4) is 0 Å². The molecule has 2 aromatic rings. The van der Waals surface area contributed by atoms with Gasteiger partial charge in [0.05, 0.1) is 5.56 Å². The van der Waals surface area contributed by atoms with E-state index >= 15 is 0 Å². The summed E-state index contributed by atoms with van der Waals surface area (Å²) in [6.45, 7) is 8.77. The molecule has 2 heterocycles. The molecule has 1 aliphatic heterocycles. The van der Waals surface area contributed by atoms with Gasteiger partial charge in [0.25, 0.3) is 5.91 Å². The van der Waals surface area contributed by atoms with Crippen LogP contribution in [-0.2, 0) is 6.54 Å². The van der Waals surface area contributed by atoms with Crippen LogP contribution >= 0.6 is 11.3 Å². The number of benzene rings is 1. The van der Waals surface area contributed by atoms with Crippen molar-refractivity contribution < 1.29 is 4.79 Å². The molecule has 3 rings (SSSR count). The van der Waals surface area contributed by atoms with Crippen molar-refractivity contribution in [3.8, 4) is 0 Å². The summed E-state index contributed by atoms with van der Waals surface area (Å²) in [6, 6.07) is 12.6. The van der Waals surface area contributed by atoms with Gasteiger partial charge in [-0.2, -0.15) is 0 Å². The number of carbonyl (C=O) groups excluding carboxylic acids is 1. The van der Waals surface area contributed by atoms with E-state index in [2.05, 4.69) is 42.2 Å². The van der Waals surface area contributed by atoms with Gasteiger partial charge in [0.1, 0.15) is 0 Å². The maximum absolute atomic E-state index is 12.8. The summed E-state index contributed by atoms with van der Waals surface area (Å²) >= 11 is 1.71. The quantitative estimate of drug-likeness (QED) is 0.857. The van der Waals surface area contributed by atoms with E-state index in [4.69, 9.17) is 0 Å². The molecule has 1 fully saturated rings. The second-order valence-electron chi connectivity index (χ2n) is 6.23. The highest BCUT2D eigenvalue weighted by molar-refractivity contribution is 7.12. The van der Waals surface area contributed by atoms with Crippen molar-refractivity contribution in [2.24, 2.45) is 0 Å². The minimum atomic E-state index is 0.202. The fraction of sp³-hybridized carbons (Fsp3) is 0.421. The third-order valence-electron chi connectivity index (χ3n) is 4.40. The van der Waals surface area contributed by atoms with Gasteiger partial charge in [-0.3, -0.25) is 9.69 Å². The largest absolute Gasteiger partial charge is 0.337 e. The number of aryl methyl sites for hydroxylation is 2. The van der Waals surface area contributed by atoms with Crippen molar-refractivity contribution in [2.45, 2.75) is 26.8 Å². The van der Waals surface area contributed by atoms with Crippen LogP contribution in [0.15, 0.2) is 36.4 Å². The van der Waals surface area contributed by atoms with Crippen molar-refractivity contribution in [3.63, 3.8) is 0 Å². The Bertz CT molecular complexity index is 665. The molecule has 1 aromatic carbocycles. The molecule has 1 amide bonds. The Morgan fingerprint density at radius 3 is 2.57 bits per heavy atom. The van der Waals surface area contributed by atoms with Gasteiger partial charge in [0, 0.05) is 42.5 Å². The molecule has 0 saturated carbocycles. The Labute approximate surface area is 142 Å². The Kier molecular flexibility index (Phi) is 5.13.